The summed E-state index contributed by atoms with van der Waals surface area (Å²) < 4.78 is 0. The van der Waals surface area contributed by atoms with E-state index >= 15 is 0 Å². The second-order valence-electron chi connectivity index (χ2n) is 3.58. The highest BCUT2D eigenvalue weighted by Gasteiger charge is 2.27. The quantitative estimate of drug-likeness (QED) is 0.544. The summed E-state index contributed by atoms with van der Waals surface area (Å²) in [5.41, 5.74) is 0. The molecule has 0 aliphatic rings. The van der Waals surface area contributed by atoms with E-state index in [0.29, 0.717) is 0 Å². The fourth-order valence-corrected chi connectivity index (χ4v) is 1.35. The maximum atomic E-state index is 10.9. The van der Waals surface area contributed by atoms with Crippen LogP contribution in [0.5, 0.6) is 0 Å². The van der Waals surface area contributed by atoms with E-state index in [1.165, 1.54) is 6.92 Å². The Hall–Kier alpha value is -2.03. The summed E-state index contributed by atoms with van der Waals surface area (Å²) in [6, 6.07) is -0.832. The SMILES string of the molecule is CC(CN(C(=O)O)C(=O)O)N(CCCO)C(=O)O. The summed E-state index contributed by atoms with van der Waals surface area (Å²) in [6.07, 6.45) is -4.44. The van der Waals surface area contributed by atoms with Crippen molar-refractivity contribution < 1.29 is 34.8 Å². The van der Waals surface area contributed by atoms with Gasteiger partial charge in [-0.1, -0.05) is 0 Å². The lowest BCUT2D eigenvalue weighted by Crippen LogP contribution is -2.48. The van der Waals surface area contributed by atoms with Gasteiger partial charge in [0, 0.05) is 13.2 Å². The number of amides is 3. The van der Waals surface area contributed by atoms with Gasteiger partial charge in [0.25, 0.3) is 0 Å². The number of aliphatic hydroxyl groups excluding tert-OH is 1. The van der Waals surface area contributed by atoms with Gasteiger partial charge in [0.1, 0.15) is 0 Å². The molecule has 18 heavy (non-hydrogen) atoms. The molecule has 0 spiro atoms. The van der Waals surface area contributed by atoms with Crippen LogP contribution in [0.2, 0.25) is 0 Å². The van der Waals surface area contributed by atoms with Crippen LogP contribution in [0.3, 0.4) is 0 Å². The van der Waals surface area contributed by atoms with E-state index < -0.39 is 30.9 Å². The lowest BCUT2D eigenvalue weighted by atomic mass is 10.2. The molecular weight excluding hydrogens is 248 g/mol. The lowest BCUT2D eigenvalue weighted by molar-refractivity contribution is 0.0922. The molecule has 0 saturated carbocycles. The Bertz CT molecular complexity index is 306. The second-order valence-corrected chi connectivity index (χ2v) is 3.58. The van der Waals surface area contributed by atoms with Crippen molar-refractivity contribution in [1.29, 1.82) is 0 Å². The van der Waals surface area contributed by atoms with E-state index in [1.54, 1.807) is 0 Å². The monoisotopic (exact) mass is 264 g/mol. The number of rotatable bonds is 6. The number of hydrogen-bond acceptors (Lipinski definition) is 4. The Balaban J connectivity index is 4.66. The number of nitrogens with zero attached hydrogens (tertiary/aromatic N) is 2. The molecule has 0 aromatic heterocycles. The van der Waals surface area contributed by atoms with Gasteiger partial charge < -0.3 is 25.3 Å². The van der Waals surface area contributed by atoms with Crippen molar-refractivity contribution in [1.82, 2.24) is 9.80 Å². The maximum Gasteiger partial charge on any atom is 0.416 e. The predicted molar refractivity (Wildman–Crippen MR) is 58.7 cm³/mol. The Morgan fingerprint density at radius 3 is 1.89 bits per heavy atom. The molecule has 0 rings (SSSR count). The molecule has 9 heteroatoms. The molecule has 3 amide bonds. The van der Waals surface area contributed by atoms with Gasteiger partial charge in [-0.25, -0.2) is 19.3 Å². The van der Waals surface area contributed by atoms with Crippen LogP contribution in [0, 0.1) is 0 Å². The Kier molecular flexibility index (Phi) is 6.50. The van der Waals surface area contributed by atoms with E-state index in [2.05, 4.69) is 0 Å². The van der Waals surface area contributed by atoms with Crippen LogP contribution in [-0.4, -0.2) is 74.2 Å². The highest BCUT2D eigenvalue weighted by atomic mass is 16.4. The fraction of sp³-hybridized carbons (Fsp3) is 0.667. The number of aliphatic hydroxyl groups is 1. The minimum absolute atomic E-state index is 0.0000775. The van der Waals surface area contributed by atoms with Crippen molar-refractivity contribution in [2.45, 2.75) is 19.4 Å². The van der Waals surface area contributed by atoms with E-state index in [1.807, 2.05) is 0 Å². The van der Waals surface area contributed by atoms with Crippen molar-refractivity contribution in [3.63, 3.8) is 0 Å². The van der Waals surface area contributed by atoms with Gasteiger partial charge in [0.15, 0.2) is 0 Å². The molecule has 9 nitrogen and oxygen atoms in total. The van der Waals surface area contributed by atoms with Gasteiger partial charge in [-0.3, -0.25) is 0 Å². The van der Waals surface area contributed by atoms with Crippen molar-refractivity contribution in [3.8, 4) is 0 Å². The second kappa shape index (κ2) is 7.33. The van der Waals surface area contributed by atoms with Gasteiger partial charge >= 0.3 is 18.3 Å². The minimum atomic E-state index is -1.66. The van der Waals surface area contributed by atoms with Crippen LogP contribution in [0.15, 0.2) is 0 Å². The topological polar surface area (TPSA) is 139 Å². The molecular formula is C9H16N2O7. The van der Waals surface area contributed by atoms with E-state index in [9.17, 15) is 14.4 Å². The molecule has 1 unspecified atom stereocenters. The molecule has 0 saturated heterocycles. The van der Waals surface area contributed by atoms with Gasteiger partial charge in [-0.2, -0.15) is 0 Å². The molecule has 0 bridgehead atoms. The number of imide groups is 1. The van der Waals surface area contributed by atoms with E-state index in [4.69, 9.17) is 20.4 Å². The van der Waals surface area contributed by atoms with Gasteiger partial charge in [-0.05, 0) is 13.3 Å². The summed E-state index contributed by atoms with van der Waals surface area (Å²) in [4.78, 5) is 33.1. The molecule has 104 valence electrons. The largest absolute Gasteiger partial charge is 0.465 e. The number of carbonyl (C=O) groups is 3. The molecule has 0 fully saturated rings. The highest BCUT2D eigenvalue weighted by molar-refractivity contribution is 5.85. The number of hydrogen-bond donors (Lipinski definition) is 4. The Morgan fingerprint density at radius 2 is 1.56 bits per heavy atom. The molecule has 0 aromatic carbocycles. The summed E-state index contributed by atoms with van der Waals surface area (Å²) in [5.74, 6) is 0. The zero-order valence-corrected chi connectivity index (χ0v) is 9.81. The predicted octanol–water partition coefficient (Wildman–Crippen LogP) is 0.395. The van der Waals surface area contributed by atoms with Gasteiger partial charge in [0.05, 0.1) is 12.6 Å². The first-order valence-electron chi connectivity index (χ1n) is 5.15. The smallest absolute Gasteiger partial charge is 0.416 e. The summed E-state index contributed by atoms with van der Waals surface area (Å²) in [5, 5.41) is 34.8. The van der Waals surface area contributed by atoms with E-state index in [-0.39, 0.29) is 24.5 Å². The van der Waals surface area contributed by atoms with Crippen LogP contribution in [-0.2, 0) is 0 Å². The average molecular weight is 264 g/mol. The zero-order valence-electron chi connectivity index (χ0n) is 9.81. The first kappa shape index (κ1) is 16.0. The van der Waals surface area contributed by atoms with E-state index in [0.717, 1.165) is 4.90 Å². The maximum absolute atomic E-state index is 10.9. The summed E-state index contributed by atoms with van der Waals surface area (Å²) in [7, 11) is 0. The van der Waals surface area contributed by atoms with Crippen molar-refractivity contribution in [2.75, 3.05) is 19.7 Å². The Labute approximate surface area is 103 Å². The standard InChI is InChI=1S/C9H16N2O7/c1-6(5-11(8(15)16)9(17)18)10(7(13)14)3-2-4-12/h6,12H,2-5H2,1H3,(H,13,14)(H,15,16)(H,17,18). The normalized spacial score (nSPS) is 11.7. The lowest BCUT2D eigenvalue weighted by Gasteiger charge is -2.28. The van der Waals surface area contributed by atoms with Gasteiger partial charge in [-0.15, -0.1) is 0 Å². The first-order valence-corrected chi connectivity index (χ1v) is 5.15. The zero-order chi connectivity index (χ0) is 14.3. The van der Waals surface area contributed by atoms with Gasteiger partial charge in [0.2, 0.25) is 0 Å². The minimum Gasteiger partial charge on any atom is -0.465 e. The molecule has 1 atom stereocenters. The van der Waals surface area contributed by atoms with Crippen LogP contribution in [0.25, 0.3) is 0 Å². The third-order valence-corrected chi connectivity index (χ3v) is 2.24. The molecule has 0 aliphatic heterocycles. The summed E-state index contributed by atoms with van der Waals surface area (Å²) in [6.45, 7) is 0.699. The third kappa shape index (κ3) is 4.87. The molecule has 0 radical (unpaired) electrons. The number of carboxylic acid groups (broad SMARTS) is 3. The fourth-order valence-electron chi connectivity index (χ4n) is 1.35. The first-order chi connectivity index (χ1) is 8.31. The molecule has 0 heterocycles. The van der Waals surface area contributed by atoms with Crippen LogP contribution in [0.4, 0.5) is 14.4 Å². The van der Waals surface area contributed by atoms with Crippen LogP contribution >= 0.6 is 0 Å². The summed E-state index contributed by atoms with van der Waals surface area (Å²) >= 11 is 0. The van der Waals surface area contributed by atoms with Crippen molar-refractivity contribution >= 4 is 18.3 Å². The Morgan fingerprint density at radius 1 is 1.06 bits per heavy atom. The highest BCUT2D eigenvalue weighted by Crippen LogP contribution is 2.05. The van der Waals surface area contributed by atoms with Crippen molar-refractivity contribution in [3.05, 3.63) is 0 Å². The third-order valence-electron chi connectivity index (χ3n) is 2.24. The molecule has 4 N–H and O–H groups in total. The average Bonchev–Trinajstić information content (AvgIpc) is 2.24. The van der Waals surface area contributed by atoms with Crippen LogP contribution < -0.4 is 0 Å². The van der Waals surface area contributed by atoms with Crippen LogP contribution in [0.1, 0.15) is 13.3 Å². The molecule has 0 aromatic rings. The molecule has 0 aliphatic carbocycles. The van der Waals surface area contributed by atoms with Crippen molar-refractivity contribution in [2.24, 2.45) is 0 Å².